The van der Waals surface area contributed by atoms with Gasteiger partial charge in [-0.2, -0.15) is 10.1 Å². The fraction of sp³-hybridized carbons (Fsp3) is 0.333. The van der Waals surface area contributed by atoms with Gasteiger partial charge in [0.1, 0.15) is 11.7 Å². The molecule has 1 saturated carbocycles. The van der Waals surface area contributed by atoms with Gasteiger partial charge in [0.15, 0.2) is 0 Å². The van der Waals surface area contributed by atoms with Crippen LogP contribution < -0.4 is 15.4 Å². The van der Waals surface area contributed by atoms with Crippen LogP contribution in [0.25, 0.3) is 0 Å². The molecule has 9 nitrogen and oxygen atoms in total. The normalized spacial score (nSPS) is 13.7. The number of halogens is 2. The molecule has 32 heavy (non-hydrogen) atoms. The molecule has 2 heterocycles. The van der Waals surface area contributed by atoms with E-state index < -0.39 is 11.5 Å². The third kappa shape index (κ3) is 5.67. The van der Waals surface area contributed by atoms with Crippen LogP contribution >= 0.6 is 23.2 Å². The van der Waals surface area contributed by atoms with Crippen molar-refractivity contribution in [3.05, 3.63) is 52.4 Å². The molecule has 1 aromatic carbocycles. The van der Waals surface area contributed by atoms with Gasteiger partial charge in [-0.05, 0) is 38.8 Å². The van der Waals surface area contributed by atoms with Gasteiger partial charge in [-0.1, -0.05) is 29.3 Å². The summed E-state index contributed by atoms with van der Waals surface area (Å²) in [6.45, 7) is 3.73. The van der Waals surface area contributed by atoms with E-state index >= 15 is 0 Å². The maximum atomic E-state index is 12.9. The number of para-hydroxylation sites is 1. The number of hydrogen-bond acceptors (Lipinski definition) is 7. The average molecular weight is 477 g/mol. The lowest BCUT2D eigenvalue weighted by Crippen LogP contribution is -2.26. The van der Waals surface area contributed by atoms with Gasteiger partial charge in [0.05, 0.1) is 39.8 Å². The molecule has 0 saturated heterocycles. The van der Waals surface area contributed by atoms with E-state index in [4.69, 9.17) is 27.9 Å². The molecule has 1 aliphatic carbocycles. The van der Waals surface area contributed by atoms with Crippen LogP contribution in [0.15, 0.2) is 36.8 Å². The van der Waals surface area contributed by atoms with E-state index in [9.17, 15) is 9.90 Å². The fourth-order valence-electron chi connectivity index (χ4n) is 2.85. The Hall–Kier alpha value is -2.88. The van der Waals surface area contributed by atoms with Crippen LogP contribution in [0.2, 0.25) is 10.0 Å². The smallest absolute Gasteiger partial charge is 0.262 e. The minimum atomic E-state index is -0.898. The van der Waals surface area contributed by atoms with E-state index in [-0.39, 0.29) is 23.5 Å². The molecule has 11 heteroatoms. The van der Waals surface area contributed by atoms with Crippen LogP contribution in [0.5, 0.6) is 5.88 Å². The van der Waals surface area contributed by atoms with Gasteiger partial charge in [0.25, 0.3) is 5.91 Å². The Morgan fingerprint density at radius 1 is 1.28 bits per heavy atom. The topological polar surface area (TPSA) is 114 Å². The Balaban J connectivity index is 1.55. The van der Waals surface area contributed by atoms with Crippen LogP contribution in [0.4, 0.5) is 17.3 Å². The average Bonchev–Trinajstić information content (AvgIpc) is 3.42. The van der Waals surface area contributed by atoms with Crippen LogP contribution in [0.3, 0.4) is 0 Å². The van der Waals surface area contributed by atoms with Crippen molar-refractivity contribution in [1.29, 1.82) is 0 Å². The summed E-state index contributed by atoms with van der Waals surface area (Å²) in [7, 11) is 0. The molecular formula is C21H22Cl2N6O3. The second kappa shape index (κ2) is 8.93. The SMILES string of the molecule is CC(C)(O)Cn1cc(Nc2ncc(C(=O)Nc3c(Cl)cccc3Cl)c(OC3CC3)n2)cn1. The van der Waals surface area contributed by atoms with Gasteiger partial charge in [-0.15, -0.1) is 0 Å². The minimum Gasteiger partial charge on any atom is -0.474 e. The van der Waals surface area contributed by atoms with Gasteiger partial charge >= 0.3 is 0 Å². The minimum absolute atomic E-state index is 0.0164. The van der Waals surface area contributed by atoms with E-state index in [1.165, 1.54) is 6.20 Å². The highest BCUT2D eigenvalue weighted by molar-refractivity contribution is 6.40. The number of carbonyl (C=O) groups excluding carboxylic acids is 1. The highest BCUT2D eigenvalue weighted by Crippen LogP contribution is 2.32. The van der Waals surface area contributed by atoms with Gasteiger partial charge in [-0.3, -0.25) is 9.48 Å². The van der Waals surface area contributed by atoms with Crippen molar-refractivity contribution in [2.24, 2.45) is 0 Å². The summed E-state index contributed by atoms with van der Waals surface area (Å²) in [6.07, 6.45) is 6.51. The van der Waals surface area contributed by atoms with Crippen LogP contribution in [0.1, 0.15) is 37.0 Å². The predicted molar refractivity (Wildman–Crippen MR) is 122 cm³/mol. The molecule has 0 radical (unpaired) electrons. The number of rotatable bonds is 8. The number of nitrogens with one attached hydrogen (secondary N) is 2. The molecular weight excluding hydrogens is 455 g/mol. The highest BCUT2D eigenvalue weighted by atomic mass is 35.5. The molecule has 1 amide bonds. The van der Waals surface area contributed by atoms with Crippen molar-refractivity contribution in [2.45, 2.75) is 44.9 Å². The van der Waals surface area contributed by atoms with Crippen molar-refractivity contribution in [1.82, 2.24) is 19.7 Å². The van der Waals surface area contributed by atoms with Gasteiger partial charge in [0, 0.05) is 12.4 Å². The third-order valence-corrected chi connectivity index (χ3v) is 5.07. The Morgan fingerprint density at radius 2 is 2.00 bits per heavy atom. The molecule has 168 valence electrons. The molecule has 0 spiro atoms. The zero-order chi connectivity index (χ0) is 22.9. The number of benzene rings is 1. The van der Waals surface area contributed by atoms with Crippen molar-refractivity contribution < 1.29 is 14.6 Å². The highest BCUT2D eigenvalue weighted by Gasteiger charge is 2.28. The van der Waals surface area contributed by atoms with Gasteiger partial charge < -0.3 is 20.5 Å². The Bertz CT molecular complexity index is 1120. The van der Waals surface area contributed by atoms with Crippen molar-refractivity contribution in [3.63, 3.8) is 0 Å². The van der Waals surface area contributed by atoms with Crippen molar-refractivity contribution in [3.8, 4) is 5.88 Å². The quantitative estimate of drug-likeness (QED) is 0.444. The monoisotopic (exact) mass is 476 g/mol. The van der Waals surface area contributed by atoms with E-state index in [1.54, 1.807) is 49.1 Å². The Kier molecular flexibility index (Phi) is 6.23. The molecule has 0 aliphatic heterocycles. The Labute approximate surface area is 194 Å². The number of amides is 1. The standard InChI is InChI=1S/C21H22Cl2N6O3/c1-21(2,31)11-29-10-12(8-25-29)26-20-24-9-14(19(28-20)32-13-6-7-13)18(30)27-17-15(22)4-3-5-16(17)23/h3-5,8-10,13,31H,6-7,11H2,1-2H3,(H,27,30)(H,24,26,28). The maximum Gasteiger partial charge on any atom is 0.262 e. The zero-order valence-electron chi connectivity index (χ0n) is 17.5. The number of nitrogens with zero attached hydrogens (tertiary/aromatic N) is 4. The maximum absolute atomic E-state index is 12.9. The summed E-state index contributed by atoms with van der Waals surface area (Å²) in [5.74, 6) is -0.0782. The number of aromatic nitrogens is 4. The lowest BCUT2D eigenvalue weighted by molar-refractivity contribution is 0.0577. The second-order valence-electron chi connectivity index (χ2n) is 8.14. The lowest BCUT2D eigenvalue weighted by Gasteiger charge is -2.16. The summed E-state index contributed by atoms with van der Waals surface area (Å²) in [4.78, 5) is 21.5. The molecule has 1 aliphatic rings. The van der Waals surface area contributed by atoms with Crippen LogP contribution in [0, 0.1) is 0 Å². The number of hydrogen-bond donors (Lipinski definition) is 3. The fourth-order valence-corrected chi connectivity index (χ4v) is 3.35. The van der Waals surface area contributed by atoms with E-state index in [0.717, 1.165) is 12.8 Å². The van der Waals surface area contributed by atoms with E-state index in [2.05, 4.69) is 25.7 Å². The summed E-state index contributed by atoms with van der Waals surface area (Å²) < 4.78 is 7.46. The summed E-state index contributed by atoms with van der Waals surface area (Å²) in [6, 6.07) is 4.95. The first-order valence-electron chi connectivity index (χ1n) is 9.99. The van der Waals surface area contributed by atoms with Crippen molar-refractivity contribution >= 4 is 46.4 Å². The summed E-state index contributed by atoms with van der Waals surface area (Å²) >= 11 is 12.3. The number of aliphatic hydroxyl groups is 1. The molecule has 1 fully saturated rings. The van der Waals surface area contributed by atoms with Crippen LogP contribution in [-0.2, 0) is 6.54 Å². The first kappa shape index (κ1) is 22.3. The molecule has 0 unspecified atom stereocenters. The van der Waals surface area contributed by atoms with Crippen LogP contribution in [-0.4, -0.2) is 42.5 Å². The third-order valence-electron chi connectivity index (χ3n) is 4.44. The number of anilines is 3. The van der Waals surface area contributed by atoms with Gasteiger partial charge in [0.2, 0.25) is 11.8 Å². The molecule has 0 atom stereocenters. The van der Waals surface area contributed by atoms with E-state index in [0.29, 0.717) is 28.0 Å². The summed E-state index contributed by atoms with van der Waals surface area (Å²) in [5.41, 5.74) is 0.201. The van der Waals surface area contributed by atoms with E-state index in [1.807, 2.05) is 0 Å². The number of ether oxygens (including phenoxy) is 1. The lowest BCUT2D eigenvalue weighted by atomic mass is 10.1. The number of carbonyl (C=O) groups is 1. The summed E-state index contributed by atoms with van der Waals surface area (Å²) in [5, 5.41) is 20.5. The largest absolute Gasteiger partial charge is 0.474 e. The molecule has 3 aromatic rings. The van der Waals surface area contributed by atoms with Crippen molar-refractivity contribution in [2.75, 3.05) is 10.6 Å². The Morgan fingerprint density at radius 3 is 2.66 bits per heavy atom. The molecule has 4 rings (SSSR count). The predicted octanol–water partition coefficient (Wildman–Crippen LogP) is 4.29. The zero-order valence-corrected chi connectivity index (χ0v) is 19.0. The molecule has 3 N–H and O–H groups in total. The first-order valence-corrected chi connectivity index (χ1v) is 10.7. The molecule has 2 aromatic heterocycles. The first-order chi connectivity index (χ1) is 15.2. The second-order valence-corrected chi connectivity index (χ2v) is 8.96. The van der Waals surface area contributed by atoms with Gasteiger partial charge in [-0.25, -0.2) is 4.98 Å². The molecule has 0 bridgehead atoms.